The van der Waals surface area contributed by atoms with Crippen LogP contribution in [0.15, 0.2) is 18.2 Å². The number of nitrogens with one attached hydrogen (secondary N) is 1. The third kappa shape index (κ3) is 1.54. The molecule has 1 saturated carbocycles. The van der Waals surface area contributed by atoms with Crippen molar-refractivity contribution in [1.82, 2.24) is 10.2 Å². The molecule has 1 aromatic carbocycles. The molecule has 2 fully saturated rings. The quantitative estimate of drug-likeness (QED) is 0.872. The second kappa shape index (κ2) is 3.75. The number of likely N-dealkylation sites (N-methyl/N-ethyl adjacent to an activating group) is 1. The molecule has 0 radical (unpaired) electrons. The predicted octanol–water partition coefficient (Wildman–Crippen LogP) is 1.95. The first-order valence-corrected chi connectivity index (χ1v) is 6.11. The van der Waals surface area contributed by atoms with E-state index in [0.29, 0.717) is 12.1 Å². The van der Waals surface area contributed by atoms with Crippen LogP contribution in [0.4, 0.5) is 8.78 Å². The summed E-state index contributed by atoms with van der Waals surface area (Å²) in [7, 11) is 0. The molecule has 3 nitrogen and oxygen atoms in total. The lowest BCUT2D eigenvalue weighted by atomic mass is 10.1. The standard InChI is InChI=1S/C13H14F2N2O/c1-2-17-11(16-13(5-6-13)12(17)18)8-3-4-9(14)10(15)7-8/h3-4,7,11,16H,2,5-6H2,1H3. The van der Waals surface area contributed by atoms with E-state index >= 15 is 0 Å². The van der Waals surface area contributed by atoms with E-state index < -0.39 is 17.2 Å². The predicted molar refractivity (Wildman–Crippen MR) is 61.6 cm³/mol. The molecule has 1 saturated heterocycles. The Kier molecular flexibility index (Phi) is 2.41. The molecule has 1 aliphatic carbocycles. The number of carbonyl (C=O) groups is 1. The van der Waals surface area contributed by atoms with Gasteiger partial charge in [0, 0.05) is 6.54 Å². The van der Waals surface area contributed by atoms with Crippen LogP contribution >= 0.6 is 0 Å². The van der Waals surface area contributed by atoms with Crippen molar-refractivity contribution in [2.75, 3.05) is 6.54 Å². The maximum absolute atomic E-state index is 13.3. The van der Waals surface area contributed by atoms with Crippen LogP contribution in [-0.2, 0) is 4.79 Å². The molecule has 0 aromatic heterocycles. The SMILES string of the molecule is CCN1C(=O)C2(CC2)NC1c1ccc(F)c(F)c1. The topological polar surface area (TPSA) is 32.3 Å². The number of benzene rings is 1. The van der Waals surface area contributed by atoms with Gasteiger partial charge < -0.3 is 4.90 Å². The van der Waals surface area contributed by atoms with Crippen LogP contribution in [0.3, 0.4) is 0 Å². The van der Waals surface area contributed by atoms with Gasteiger partial charge in [0.1, 0.15) is 11.7 Å². The molecule has 1 spiro atoms. The summed E-state index contributed by atoms with van der Waals surface area (Å²) >= 11 is 0. The minimum Gasteiger partial charge on any atom is -0.322 e. The molecule has 96 valence electrons. The molecule has 1 unspecified atom stereocenters. The summed E-state index contributed by atoms with van der Waals surface area (Å²) in [5.74, 6) is -1.68. The molecule has 3 rings (SSSR count). The molecule has 2 aliphatic rings. The largest absolute Gasteiger partial charge is 0.322 e. The lowest BCUT2D eigenvalue weighted by Gasteiger charge is -2.22. The van der Waals surface area contributed by atoms with Crippen molar-refractivity contribution in [3.63, 3.8) is 0 Å². The number of halogens is 2. The summed E-state index contributed by atoms with van der Waals surface area (Å²) in [5, 5.41) is 3.24. The Balaban J connectivity index is 1.95. The number of carbonyl (C=O) groups excluding carboxylic acids is 1. The second-order valence-electron chi connectivity index (χ2n) is 4.89. The normalized spacial score (nSPS) is 24.9. The molecule has 1 N–H and O–H groups in total. The number of rotatable bonds is 2. The van der Waals surface area contributed by atoms with E-state index in [9.17, 15) is 13.6 Å². The summed E-state index contributed by atoms with van der Waals surface area (Å²) in [6.45, 7) is 2.44. The average Bonchev–Trinajstić information content (AvgIpc) is 3.07. The summed E-state index contributed by atoms with van der Waals surface area (Å²) < 4.78 is 26.2. The molecule has 5 heteroatoms. The van der Waals surface area contributed by atoms with Gasteiger partial charge in [-0.25, -0.2) is 8.78 Å². The van der Waals surface area contributed by atoms with Gasteiger partial charge >= 0.3 is 0 Å². The number of nitrogens with zero attached hydrogens (tertiary/aromatic N) is 1. The Labute approximate surface area is 104 Å². The van der Waals surface area contributed by atoms with Crippen LogP contribution in [0.5, 0.6) is 0 Å². The molecule has 1 aliphatic heterocycles. The van der Waals surface area contributed by atoms with Gasteiger partial charge in [-0.1, -0.05) is 6.07 Å². The van der Waals surface area contributed by atoms with Gasteiger partial charge in [-0.3, -0.25) is 10.1 Å². The smallest absolute Gasteiger partial charge is 0.244 e. The van der Waals surface area contributed by atoms with Crippen molar-refractivity contribution in [1.29, 1.82) is 0 Å². The summed E-state index contributed by atoms with van der Waals surface area (Å²) in [4.78, 5) is 13.8. The van der Waals surface area contributed by atoms with Crippen molar-refractivity contribution in [3.05, 3.63) is 35.4 Å². The Bertz CT molecular complexity index is 514. The highest BCUT2D eigenvalue weighted by molar-refractivity contribution is 5.92. The number of hydrogen-bond acceptors (Lipinski definition) is 2. The van der Waals surface area contributed by atoms with Gasteiger partial charge in [-0.2, -0.15) is 0 Å². The van der Waals surface area contributed by atoms with Crippen molar-refractivity contribution in [3.8, 4) is 0 Å². The summed E-state index contributed by atoms with van der Waals surface area (Å²) in [6, 6.07) is 3.78. The highest BCUT2D eigenvalue weighted by Gasteiger charge is 2.58. The van der Waals surface area contributed by atoms with E-state index in [4.69, 9.17) is 0 Å². The van der Waals surface area contributed by atoms with Gasteiger partial charge in [-0.05, 0) is 37.5 Å². The highest BCUT2D eigenvalue weighted by atomic mass is 19.2. The van der Waals surface area contributed by atoms with Gasteiger partial charge in [0.2, 0.25) is 5.91 Å². The van der Waals surface area contributed by atoms with Gasteiger partial charge in [0.25, 0.3) is 0 Å². The van der Waals surface area contributed by atoms with Crippen molar-refractivity contribution >= 4 is 5.91 Å². The third-order valence-corrected chi connectivity index (χ3v) is 3.75. The van der Waals surface area contributed by atoms with Crippen LogP contribution in [0.1, 0.15) is 31.5 Å². The monoisotopic (exact) mass is 252 g/mol. The van der Waals surface area contributed by atoms with Crippen LogP contribution in [0.2, 0.25) is 0 Å². The molecule has 1 heterocycles. The van der Waals surface area contributed by atoms with Crippen molar-refractivity contribution in [2.45, 2.75) is 31.5 Å². The van der Waals surface area contributed by atoms with E-state index in [2.05, 4.69) is 5.32 Å². The third-order valence-electron chi connectivity index (χ3n) is 3.75. The zero-order valence-corrected chi connectivity index (χ0v) is 10.0. The lowest BCUT2D eigenvalue weighted by Crippen LogP contribution is -2.32. The van der Waals surface area contributed by atoms with E-state index in [-0.39, 0.29) is 12.1 Å². The Morgan fingerprint density at radius 3 is 2.67 bits per heavy atom. The van der Waals surface area contributed by atoms with Crippen LogP contribution in [0.25, 0.3) is 0 Å². The Morgan fingerprint density at radius 2 is 2.11 bits per heavy atom. The Hall–Kier alpha value is -1.49. The molecule has 0 bridgehead atoms. The Morgan fingerprint density at radius 1 is 1.39 bits per heavy atom. The van der Waals surface area contributed by atoms with Gasteiger partial charge in [0.15, 0.2) is 11.6 Å². The van der Waals surface area contributed by atoms with E-state index in [1.54, 1.807) is 4.90 Å². The fraction of sp³-hybridized carbons (Fsp3) is 0.462. The number of amides is 1. The molecular formula is C13H14F2N2O. The van der Waals surface area contributed by atoms with Crippen LogP contribution in [-0.4, -0.2) is 22.9 Å². The van der Waals surface area contributed by atoms with Crippen molar-refractivity contribution in [2.24, 2.45) is 0 Å². The molecule has 18 heavy (non-hydrogen) atoms. The van der Waals surface area contributed by atoms with Crippen LogP contribution in [0, 0.1) is 11.6 Å². The van der Waals surface area contributed by atoms with Crippen LogP contribution < -0.4 is 5.32 Å². The zero-order valence-electron chi connectivity index (χ0n) is 10.0. The average molecular weight is 252 g/mol. The summed E-state index contributed by atoms with van der Waals surface area (Å²) in [6.07, 6.45) is 1.30. The molecule has 1 aromatic rings. The maximum Gasteiger partial charge on any atom is 0.244 e. The lowest BCUT2D eigenvalue weighted by molar-refractivity contribution is -0.130. The first kappa shape index (κ1) is 11.6. The van der Waals surface area contributed by atoms with E-state index in [0.717, 1.165) is 25.0 Å². The highest BCUT2D eigenvalue weighted by Crippen LogP contribution is 2.45. The number of hydrogen-bond donors (Lipinski definition) is 1. The van der Waals surface area contributed by atoms with E-state index in [1.165, 1.54) is 6.07 Å². The molecule has 1 atom stereocenters. The van der Waals surface area contributed by atoms with E-state index in [1.807, 2.05) is 6.92 Å². The van der Waals surface area contributed by atoms with Gasteiger partial charge in [0.05, 0.1) is 0 Å². The minimum atomic E-state index is -0.880. The fourth-order valence-electron chi connectivity index (χ4n) is 2.55. The fourth-order valence-corrected chi connectivity index (χ4v) is 2.55. The zero-order chi connectivity index (χ0) is 12.9. The minimum absolute atomic E-state index is 0.0692. The molecular weight excluding hydrogens is 238 g/mol. The maximum atomic E-state index is 13.3. The molecule has 1 amide bonds. The second-order valence-corrected chi connectivity index (χ2v) is 4.89. The first-order valence-electron chi connectivity index (χ1n) is 6.11. The van der Waals surface area contributed by atoms with Gasteiger partial charge in [-0.15, -0.1) is 0 Å². The first-order chi connectivity index (χ1) is 8.57. The van der Waals surface area contributed by atoms with Crippen molar-refractivity contribution < 1.29 is 13.6 Å². The summed E-state index contributed by atoms with van der Waals surface area (Å²) in [5.41, 5.74) is 0.152.